The summed E-state index contributed by atoms with van der Waals surface area (Å²) in [4.78, 5) is 14.1. The number of hydrogen-bond acceptors (Lipinski definition) is 2. The van der Waals surface area contributed by atoms with Gasteiger partial charge in [-0.1, -0.05) is 36.4 Å². The SMILES string of the molecule is C[C@@H](NC(=O)N=[N+]=[N-])[C@H](O[Si](C)(C)C)c1ccc2ccccc2c1. The third-order valence-electron chi connectivity index (χ3n) is 3.52. The van der Waals surface area contributed by atoms with Gasteiger partial charge in [0.2, 0.25) is 0 Å². The molecular formula is C17H22N4O2Si. The number of hydrogen-bond donors (Lipinski definition) is 1. The van der Waals surface area contributed by atoms with Gasteiger partial charge in [-0.05, 0) is 54.5 Å². The van der Waals surface area contributed by atoms with Crippen LogP contribution in [0.3, 0.4) is 0 Å². The van der Waals surface area contributed by atoms with Crippen LogP contribution >= 0.6 is 0 Å². The van der Waals surface area contributed by atoms with Gasteiger partial charge in [0, 0.05) is 10.0 Å². The van der Waals surface area contributed by atoms with E-state index >= 15 is 0 Å². The predicted octanol–water partition coefficient (Wildman–Crippen LogP) is 5.14. The maximum absolute atomic E-state index is 11.6. The second-order valence-corrected chi connectivity index (χ2v) is 11.1. The summed E-state index contributed by atoms with van der Waals surface area (Å²) >= 11 is 0. The predicted molar refractivity (Wildman–Crippen MR) is 98.3 cm³/mol. The Morgan fingerprint density at radius 3 is 2.50 bits per heavy atom. The lowest BCUT2D eigenvalue weighted by Gasteiger charge is -2.31. The van der Waals surface area contributed by atoms with Crippen LogP contribution in [0.15, 0.2) is 47.6 Å². The summed E-state index contributed by atoms with van der Waals surface area (Å²) in [5.41, 5.74) is 9.37. The summed E-state index contributed by atoms with van der Waals surface area (Å²) < 4.78 is 6.30. The molecule has 0 heterocycles. The van der Waals surface area contributed by atoms with E-state index in [0.717, 1.165) is 16.3 Å². The van der Waals surface area contributed by atoms with Crippen molar-refractivity contribution in [1.82, 2.24) is 5.32 Å². The van der Waals surface area contributed by atoms with E-state index in [9.17, 15) is 4.79 Å². The molecular weight excluding hydrogens is 320 g/mol. The van der Waals surface area contributed by atoms with Crippen LogP contribution in [0.4, 0.5) is 4.79 Å². The summed E-state index contributed by atoms with van der Waals surface area (Å²) in [5, 5.41) is 8.03. The van der Waals surface area contributed by atoms with E-state index in [0.29, 0.717) is 0 Å². The highest BCUT2D eigenvalue weighted by Gasteiger charge is 2.28. The molecule has 6 nitrogen and oxygen atoms in total. The second-order valence-electron chi connectivity index (χ2n) is 6.69. The molecule has 0 radical (unpaired) electrons. The summed E-state index contributed by atoms with van der Waals surface area (Å²) in [6, 6.07) is 13.2. The van der Waals surface area contributed by atoms with Gasteiger partial charge in [-0.15, -0.1) is 0 Å². The normalized spacial score (nSPS) is 13.8. The maximum Gasteiger partial charge on any atom is 0.308 e. The largest absolute Gasteiger partial charge is 0.409 e. The molecule has 0 saturated heterocycles. The summed E-state index contributed by atoms with van der Waals surface area (Å²) in [7, 11) is -1.86. The first kappa shape index (κ1) is 18.0. The molecule has 0 bridgehead atoms. The van der Waals surface area contributed by atoms with Crippen LogP contribution in [-0.4, -0.2) is 20.4 Å². The molecule has 2 amide bonds. The van der Waals surface area contributed by atoms with E-state index in [4.69, 9.17) is 9.96 Å². The van der Waals surface area contributed by atoms with Crippen molar-refractivity contribution in [3.63, 3.8) is 0 Å². The highest BCUT2D eigenvalue weighted by Crippen LogP contribution is 2.28. The molecule has 0 aromatic heterocycles. The highest BCUT2D eigenvalue weighted by molar-refractivity contribution is 6.69. The first-order valence-corrected chi connectivity index (χ1v) is 11.2. The molecule has 2 rings (SSSR count). The number of amides is 2. The zero-order valence-corrected chi connectivity index (χ0v) is 15.4. The van der Waals surface area contributed by atoms with E-state index in [1.165, 1.54) is 0 Å². The molecule has 2 aromatic carbocycles. The lowest BCUT2D eigenvalue weighted by molar-refractivity contribution is 0.156. The first-order valence-electron chi connectivity index (χ1n) is 7.82. The Hall–Kier alpha value is -2.34. The molecule has 126 valence electrons. The molecule has 2 aromatic rings. The lowest BCUT2D eigenvalue weighted by atomic mass is 10.00. The minimum absolute atomic E-state index is 0.306. The average molecular weight is 342 g/mol. The van der Waals surface area contributed by atoms with Crippen LogP contribution in [0, 0.1) is 0 Å². The first-order chi connectivity index (χ1) is 11.3. The van der Waals surface area contributed by atoms with Crippen molar-refractivity contribution >= 4 is 25.1 Å². The number of rotatable bonds is 5. The number of nitrogens with one attached hydrogen (secondary N) is 1. The van der Waals surface area contributed by atoms with Crippen molar-refractivity contribution in [2.24, 2.45) is 5.11 Å². The van der Waals surface area contributed by atoms with E-state index in [2.05, 4.69) is 47.1 Å². The Labute approximate surface area is 142 Å². The third kappa shape index (κ3) is 4.83. The van der Waals surface area contributed by atoms with Crippen molar-refractivity contribution in [2.75, 3.05) is 0 Å². The van der Waals surface area contributed by atoms with Crippen molar-refractivity contribution in [1.29, 1.82) is 0 Å². The van der Waals surface area contributed by atoms with Gasteiger partial charge < -0.3 is 9.74 Å². The quantitative estimate of drug-likeness (QED) is 0.353. The molecule has 0 aliphatic heterocycles. The number of urea groups is 1. The number of nitrogens with zero attached hydrogens (tertiary/aromatic N) is 3. The molecule has 2 atom stereocenters. The van der Waals surface area contributed by atoms with Gasteiger partial charge in [0.25, 0.3) is 0 Å². The Morgan fingerprint density at radius 1 is 1.21 bits per heavy atom. The minimum atomic E-state index is -1.86. The topological polar surface area (TPSA) is 87.1 Å². The standard InChI is InChI=1S/C17H22N4O2Si/c1-12(19-17(22)20-21-18)16(23-24(2,3)4)15-10-9-13-7-5-6-8-14(13)11-15/h5-12,16H,1-4H3,(H,19,22)/t12-,16+/m1/s1. The Balaban J connectivity index is 2.36. The second kappa shape index (κ2) is 7.48. The lowest BCUT2D eigenvalue weighted by Crippen LogP contribution is -2.40. The van der Waals surface area contributed by atoms with E-state index < -0.39 is 14.3 Å². The van der Waals surface area contributed by atoms with Gasteiger partial charge >= 0.3 is 6.03 Å². The molecule has 0 saturated carbocycles. The van der Waals surface area contributed by atoms with Gasteiger partial charge in [0.15, 0.2) is 8.32 Å². The molecule has 24 heavy (non-hydrogen) atoms. The fourth-order valence-corrected chi connectivity index (χ4v) is 3.67. The van der Waals surface area contributed by atoms with Crippen molar-refractivity contribution in [2.45, 2.75) is 38.7 Å². The molecule has 7 heteroatoms. The van der Waals surface area contributed by atoms with Crippen LogP contribution in [0.5, 0.6) is 0 Å². The number of benzene rings is 2. The van der Waals surface area contributed by atoms with Crippen LogP contribution in [0.25, 0.3) is 21.2 Å². The van der Waals surface area contributed by atoms with Crippen LogP contribution in [0.2, 0.25) is 19.6 Å². The maximum atomic E-state index is 11.6. The number of carbonyl (C=O) groups excluding carboxylic acids is 1. The Morgan fingerprint density at radius 2 is 1.88 bits per heavy atom. The zero-order valence-electron chi connectivity index (χ0n) is 14.4. The van der Waals surface area contributed by atoms with Crippen molar-refractivity contribution < 1.29 is 9.22 Å². The summed E-state index contributed by atoms with van der Waals surface area (Å²) in [5.74, 6) is 0. The van der Waals surface area contributed by atoms with Crippen molar-refractivity contribution in [3.8, 4) is 0 Å². The monoisotopic (exact) mass is 342 g/mol. The van der Waals surface area contributed by atoms with Crippen molar-refractivity contribution in [3.05, 3.63) is 58.5 Å². The van der Waals surface area contributed by atoms with E-state index in [1.807, 2.05) is 37.3 Å². The van der Waals surface area contributed by atoms with E-state index in [-0.39, 0.29) is 12.1 Å². The van der Waals surface area contributed by atoms with Gasteiger partial charge in [-0.3, -0.25) is 4.79 Å². The molecule has 1 N–H and O–H groups in total. The number of azide groups is 1. The number of fused-ring (bicyclic) bond motifs is 1. The summed E-state index contributed by atoms with van der Waals surface area (Å²) in [6.45, 7) is 8.15. The van der Waals surface area contributed by atoms with E-state index in [1.54, 1.807) is 0 Å². The fraction of sp³-hybridized carbons (Fsp3) is 0.353. The Bertz CT molecular complexity index is 781. The molecule has 0 aliphatic rings. The van der Waals surface area contributed by atoms with Gasteiger partial charge in [-0.2, -0.15) is 0 Å². The van der Waals surface area contributed by atoms with Gasteiger partial charge in [0.1, 0.15) is 0 Å². The smallest absolute Gasteiger partial charge is 0.308 e. The zero-order chi connectivity index (χ0) is 17.7. The molecule has 0 aliphatic carbocycles. The van der Waals surface area contributed by atoms with Crippen LogP contribution in [0.1, 0.15) is 18.6 Å². The highest BCUT2D eigenvalue weighted by atomic mass is 28.4. The summed E-state index contributed by atoms with van der Waals surface area (Å²) in [6.07, 6.45) is -0.306. The third-order valence-corrected chi connectivity index (χ3v) is 4.48. The van der Waals surface area contributed by atoms with Crippen LogP contribution < -0.4 is 5.32 Å². The molecule has 0 fully saturated rings. The average Bonchev–Trinajstić information content (AvgIpc) is 2.51. The molecule has 0 unspecified atom stereocenters. The van der Waals surface area contributed by atoms with Crippen LogP contribution in [-0.2, 0) is 4.43 Å². The Kier molecular flexibility index (Phi) is 5.61. The minimum Gasteiger partial charge on any atom is -0.409 e. The molecule has 0 spiro atoms. The number of carbonyl (C=O) groups is 1. The van der Waals surface area contributed by atoms with Gasteiger partial charge in [-0.25, -0.2) is 0 Å². The fourth-order valence-electron chi connectivity index (χ4n) is 2.56. The van der Waals surface area contributed by atoms with Gasteiger partial charge in [0.05, 0.1) is 12.1 Å².